The summed E-state index contributed by atoms with van der Waals surface area (Å²) >= 11 is 5.83. The highest BCUT2D eigenvalue weighted by Gasteiger charge is 2.26. The van der Waals surface area contributed by atoms with Gasteiger partial charge in [0.15, 0.2) is 11.5 Å². The van der Waals surface area contributed by atoms with Crippen molar-refractivity contribution in [2.75, 3.05) is 19.6 Å². The lowest BCUT2D eigenvalue weighted by Crippen LogP contribution is -2.37. The van der Waals surface area contributed by atoms with Crippen molar-refractivity contribution in [1.29, 1.82) is 0 Å². The fourth-order valence-corrected chi connectivity index (χ4v) is 1.94. The van der Waals surface area contributed by atoms with E-state index in [0.717, 1.165) is 18.4 Å². The average molecular weight is 328 g/mol. The summed E-state index contributed by atoms with van der Waals surface area (Å²) in [4.78, 5) is 12.1. The van der Waals surface area contributed by atoms with Crippen LogP contribution in [0.5, 0.6) is 11.5 Å². The van der Waals surface area contributed by atoms with E-state index in [0.29, 0.717) is 24.7 Å². The topological polar surface area (TPSA) is 47.6 Å². The third-order valence-corrected chi connectivity index (χ3v) is 4.08. The van der Waals surface area contributed by atoms with Gasteiger partial charge in [0.25, 0.3) is 0 Å². The molecular formula is C17H26ClNO3. The summed E-state index contributed by atoms with van der Waals surface area (Å²) in [6, 6.07) is 5.67. The molecule has 1 rings (SSSR count). The van der Waals surface area contributed by atoms with Crippen LogP contribution in [-0.2, 0) is 11.3 Å². The van der Waals surface area contributed by atoms with Gasteiger partial charge in [0.1, 0.15) is 0 Å². The molecule has 124 valence electrons. The zero-order valence-electron chi connectivity index (χ0n) is 13.9. The van der Waals surface area contributed by atoms with E-state index < -0.39 is 5.41 Å². The number of nitrogens with one attached hydrogen (secondary N) is 1. The van der Waals surface area contributed by atoms with Gasteiger partial charge < -0.3 is 14.8 Å². The molecule has 0 atom stereocenters. The minimum Gasteiger partial charge on any atom is -0.493 e. The van der Waals surface area contributed by atoms with Crippen LogP contribution in [0.1, 0.15) is 39.2 Å². The number of benzene rings is 1. The van der Waals surface area contributed by atoms with E-state index >= 15 is 0 Å². The van der Waals surface area contributed by atoms with Gasteiger partial charge >= 0.3 is 0 Å². The largest absolute Gasteiger partial charge is 0.493 e. The fourth-order valence-electron chi connectivity index (χ4n) is 1.82. The molecule has 1 aromatic carbocycles. The maximum Gasteiger partial charge on any atom is 0.227 e. The van der Waals surface area contributed by atoms with Crippen molar-refractivity contribution >= 4 is 17.5 Å². The number of hydrogen-bond donors (Lipinski definition) is 1. The number of carbonyl (C=O) groups is 1. The highest BCUT2D eigenvalue weighted by molar-refractivity contribution is 6.19. The van der Waals surface area contributed by atoms with E-state index in [4.69, 9.17) is 21.1 Å². The van der Waals surface area contributed by atoms with Crippen LogP contribution >= 0.6 is 11.6 Å². The molecule has 1 amide bonds. The number of carbonyl (C=O) groups excluding carboxylic acids is 1. The molecule has 5 heteroatoms. The lowest BCUT2D eigenvalue weighted by atomic mass is 9.95. The van der Waals surface area contributed by atoms with Gasteiger partial charge in [-0.3, -0.25) is 4.79 Å². The summed E-state index contributed by atoms with van der Waals surface area (Å²) in [6.45, 7) is 6.77. The van der Waals surface area contributed by atoms with E-state index in [1.807, 2.05) is 32.0 Å². The maximum atomic E-state index is 12.1. The number of hydrogen-bond acceptors (Lipinski definition) is 3. The first-order valence-corrected chi connectivity index (χ1v) is 8.12. The molecule has 0 saturated carbocycles. The van der Waals surface area contributed by atoms with Crippen molar-refractivity contribution < 1.29 is 14.3 Å². The molecule has 0 unspecified atom stereocenters. The fraction of sp³-hybridized carbons (Fsp3) is 0.588. The van der Waals surface area contributed by atoms with Crippen LogP contribution in [-0.4, -0.2) is 25.5 Å². The first-order valence-electron chi connectivity index (χ1n) is 7.59. The highest BCUT2D eigenvalue weighted by atomic mass is 35.5. The lowest BCUT2D eigenvalue weighted by molar-refractivity contribution is -0.128. The third-order valence-electron chi connectivity index (χ3n) is 3.41. The summed E-state index contributed by atoms with van der Waals surface area (Å²) < 4.78 is 11.2. The molecule has 0 saturated heterocycles. The number of unbranched alkanes of at least 4 members (excludes halogenated alkanes) is 1. The van der Waals surface area contributed by atoms with Crippen molar-refractivity contribution in [3.05, 3.63) is 23.8 Å². The molecule has 1 aromatic rings. The average Bonchev–Trinajstić information content (AvgIpc) is 2.53. The Hall–Kier alpha value is -1.42. The Balaban J connectivity index is 2.82. The highest BCUT2D eigenvalue weighted by Crippen LogP contribution is 2.31. The minimum absolute atomic E-state index is 0.0789. The molecule has 0 aliphatic heterocycles. The second kappa shape index (κ2) is 8.89. The van der Waals surface area contributed by atoms with Gasteiger partial charge in [-0.1, -0.05) is 25.5 Å². The first-order chi connectivity index (χ1) is 10.5. The van der Waals surface area contributed by atoms with Crippen LogP contribution in [0, 0.1) is 5.41 Å². The molecule has 22 heavy (non-hydrogen) atoms. The summed E-state index contributed by atoms with van der Waals surface area (Å²) in [5.74, 6) is 1.57. The van der Waals surface area contributed by atoms with Crippen LogP contribution in [0.3, 0.4) is 0 Å². The number of rotatable bonds is 9. The van der Waals surface area contributed by atoms with Gasteiger partial charge in [-0.05, 0) is 26.3 Å². The quantitative estimate of drug-likeness (QED) is 0.555. The van der Waals surface area contributed by atoms with Crippen LogP contribution < -0.4 is 14.8 Å². The normalized spacial score (nSPS) is 11.1. The molecule has 0 fully saturated rings. The number of amides is 1. The van der Waals surface area contributed by atoms with Gasteiger partial charge in [0, 0.05) is 18.0 Å². The van der Waals surface area contributed by atoms with Gasteiger partial charge in [-0.2, -0.15) is 0 Å². The van der Waals surface area contributed by atoms with Gasteiger partial charge in [0.05, 0.1) is 19.1 Å². The van der Waals surface area contributed by atoms with E-state index in [-0.39, 0.29) is 11.8 Å². The molecular weight excluding hydrogens is 302 g/mol. The van der Waals surface area contributed by atoms with E-state index in [2.05, 4.69) is 12.2 Å². The second-order valence-electron chi connectivity index (χ2n) is 5.85. The lowest BCUT2D eigenvalue weighted by Gasteiger charge is -2.21. The molecule has 0 spiro atoms. The zero-order chi connectivity index (χ0) is 16.6. The summed E-state index contributed by atoms with van der Waals surface area (Å²) in [5, 5.41) is 2.91. The number of alkyl halides is 1. The molecule has 0 heterocycles. The number of para-hydroxylation sites is 1. The monoisotopic (exact) mass is 327 g/mol. The molecule has 4 nitrogen and oxygen atoms in total. The first kappa shape index (κ1) is 18.6. The van der Waals surface area contributed by atoms with Crippen molar-refractivity contribution in [3.8, 4) is 11.5 Å². The summed E-state index contributed by atoms with van der Waals surface area (Å²) in [5.41, 5.74) is 0.304. The molecule has 0 radical (unpaired) electrons. The van der Waals surface area contributed by atoms with Crippen LogP contribution in [0.4, 0.5) is 0 Å². The molecule has 0 bridgehead atoms. The van der Waals surface area contributed by atoms with Crippen molar-refractivity contribution in [1.82, 2.24) is 5.32 Å². The second-order valence-corrected chi connectivity index (χ2v) is 6.12. The Morgan fingerprint density at radius 1 is 1.36 bits per heavy atom. The SMILES string of the molecule is CCCCOc1c(CNC(=O)C(C)(C)CCl)cccc1OC. The zero-order valence-corrected chi connectivity index (χ0v) is 14.6. The van der Waals surface area contributed by atoms with Crippen LogP contribution in [0.15, 0.2) is 18.2 Å². The predicted octanol–water partition coefficient (Wildman–Crippen LogP) is 3.76. The minimum atomic E-state index is -0.594. The van der Waals surface area contributed by atoms with Crippen molar-refractivity contribution in [2.45, 2.75) is 40.2 Å². The third kappa shape index (κ3) is 5.09. The van der Waals surface area contributed by atoms with Crippen molar-refractivity contribution in [3.63, 3.8) is 0 Å². The van der Waals surface area contributed by atoms with E-state index in [9.17, 15) is 4.79 Å². The predicted molar refractivity (Wildman–Crippen MR) is 89.7 cm³/mol. The Labute approximate surface area is 138 Å². The molecule has 1 N–H and O–H groups in total. The van der Waals surface area contributed by atoms with Crippen molar-refractivity contribution in [2.24, 2.45) is 5.41 Å². The molecule has 0 aliphatic rings. The number of halogens is 1. The van der Waals surface area contributed by atoms with Gasteiger partial charge in [-0.25, -0.2) is 0 Å². The Kier molecular flexibility index (Phi) is 7.52. The van der Waals surface area contributed by atoms with E-state index in [1.54, 1.807) is 7.11 Å². The van der Waals surface area contributed by atoms with E-state index in [1.165, 1.54) is 0 Å². The smallest absolute Gasteiger partial charge is 0.227 e. The number of ether oxygens (including phenoxy) is 2. The van der Waals surface area contributed by atoms with Crippen LogP contribution in [0.2, 0.25) is 0 Å². The Morgan fingerprint density at radius 2 is 2.09 bits per heavy atom. The standard InChI is InChI=1S/C17H26ClNO3/c1-5-6-10-22-15-13(8-7-9-14(15)21-4)11-19-16(20)17(2,3)12-18/h7-9H,5-6,10-12H2,1-4H3,(H,19,20). The maximum absolute atomic E-state index is 12.1. The Morgan fingerprint density at radius 3 is 2.68 bits per heavy atom. The summed E-state index contributed by atoms with van der Waals surface area (Å²) in [6.07, 6.45) is 2.04. The van der Waals surface area contributed by atoms with Gasteiger partial charge in [-0.15, -0.1) is 11.6 Å². The number of methoxy groups -OCH3 is 1. The molecule has 0 aliphatic carbocycles. The summed E-state index contributed by atoms with van der Waals surface area (Å²) in [7, 11) is 1.61. The Bertz CT molecular complexity index is 489. The van der Waals surface area contributed by atoms with Crippen LogP contribution in [0.25, 0.3) is 0 Å². The van der Waals surface area contributed by atoms with Gasteiger partial charge in [0.2, 0.25) is 5.91 Å². The molecule has 0 aromatic heterocycles.